The van der Waals surface area contributed by atoms with Crippen molar-refractivity contribution in [3.63, 3.8) is 0 Å². The average molecular weight is 342 g/mol. The second-order valence-corrected chi connectivity index (χ2v) is 7.24. The minimum absolute atomic E-state index is 0.192. The molecule has 2 saturated heterocycles. The van der Waals surface area contributed by atoms with Crippen LogP contribution in [0, 0.1) is 12.7 Å². The summed E-state index contributed by atoms with van der Waals surface area (Å²) in [6, 6.07) is 6.01. The number of halogens is 1. The lowest BCUT2D eigenvalue weighted by Gasteiger charge is -2.38. The van der Waals surface area contributed by atoms with E-state index in [1.165, 1.54) is 6.07 Å². The molecule has 0 N–H and O–H groups in total. The molecule has 0 aliphatic carbocycles. The van der Waals surface area contributed by atoms with Crippen LogP contribution in [0.1, 0.15) is 49.3 Å². The van der Waals surface area contributed by atoms with Crippen molar-refractivity contribution in [3.05, 3.63) is 47.5 Å². The van der Waals surface area contributed by atoms with Crippen LogP contribution in [-0.2, 0) is 11.2 Å². The fourth-order valence-electron chi connectivity index (χ4n) is 4.40. The number of carbonyl (C=O) groups excluding carboxylic acids is 1. The summed E-state index contributed by atoms with van der Waals surface area (Å²) < 4.78 is 13.4. The molecule has 4 rings (SSSR count). The van der Waals surface area contributed by atoms with Crippen LogP contribution in [0.4, 0.5) is 4.39 Å². The Balaban J connectivity index is 1.39. The van der Waals surface area contributed by atoms with E-state index in [2.05, 4.69) is 15.1 Å². The maximum atomic E-state index is 13.4. The van der Waals surface area contributed by atoms with Gasteiger partial charge in [0.25, 0.3) is 0 Å². The monoisotopic (exact) mass is 342 g/mol. The smallest absolute Gasteiger partial charge is 0.223 e. The van der Waals surface area contributed by atoms with E-state index in [0.29, 0.717) is 36.5 Å². The van der Waals surface area contributed by atoms with Crippen molar-refractivity contribution < 1.29 is 9.18 Å². The molecule has 0 spiro atoms. The van der Waals surface area contributed by atoms with Crippen molar-refractivity contribution >= 4 is 5.91 Å². The lowest BCUT2D eigenvalue weighted by atomic mass is 9.96. The molecule has 25 heavy (non-hydrogen) atoms. The first-order valence-corrected chi connectivity index (χ1v) is 9.04. The highest BCUT2D eigenvalue weighted by Gasteiger charge is 2.43. The van der Waals surface area contributed by atoms with Crippen LogP contribution in [0.5, 0.6) is 0 Å². The molecular weight excluding hydrogens is 319 g/mol. The lowest BCUT2D eigenvalue weighted by molar-refractivity contribution is -0.136. The molecule has 2 bridgehead atoms. The third-order valence-electron chi connectivity index (χ3n) is 5.61. The first-order chi connectivity index (χ1) is 12.1. The molecule has 2 fully saturated rings. The topological polar surface area (TPSA) is 51.0 Å². The molecule has 2 unspecified atom stereocenters. The number of aromatic nitrogens is 3. The Morgan fingerprint density at radius 2 is 1.84 bits per heavy atom. The van der Waals surface area contributed by atoms with Gasteiger partial charge >= 0.3 is 0 Å². The van der Waals surface area contributed by atoms with Crippen molar-refractivity contribution in [2.75, 3.05) is 0 Å². The van der Waals surface area contributed by atoms with Crippen LogP contribution in [-0.4, -0.2) is 37.9 Å². The Morgan fingerprint density at radius 3 is 2.48 bits per heavy atom. The molecule has 0 radical (unpaired) electrons. The Hall–Kier alpha value is -2.24. The summed E-state index contributed by atoms with van der Waals surface area (Å²) in [5.74, 6) is 0.0313. The Kier molecular flexibility index (Phi) is 4.27. The number of nitrogens with zero attached hydrogens (tertiary/aromatic N) is 4. The predicted octanol–water partition coefficient (Wildman–Crippen LogP) is 3.05. The molecule has 1 aromatic carbocycles. The maximum absolute atomic E-state index is 13.4. The molecule has 2 aliphatic rings. The summed E-state index contributed by atoms with van der Waals surface area (Å²) in [6.07, 6.45) is 8.60. The van der Waals surface area contributed by atoms with Crippen molar-refractivity contribution in [2.24, 2.45) is 0 Å². The normalized spacial score (nSPS) is 25.4. The van der Waals surface area contributed by atoms with E-state index in [0.717, 1.165) is 31.2 Å². The summed E-state index contributed by atoms with van der Waals surface area (Å²) in [5.41, 5.74) is 1.66. The fraction of sp³-hybridized carbons (Fsp3) is 0.526. The number of amides is 1. The molecule has 5 nitrogen and oxygen atoms in total. The molecule has 132 valence electrons. The molecular formula is C19H23FN4O. The maximum Gasteiger partial charge on any atom is 0.223 e. The molecule has 1 amide bonds. The van der Waals surface area contributed by atoms with Crippen molar-refractivity contribution in [1.29, 1.82) is 0 Å². The summed E-state index contributed by atoms with van der Waals surface area (Å²) in [7, 11) is 0. The predicted molar refractivity (Wildman–Crippen MR) is 91.4 cm³/mol. The van der Waals surface area contributed by atoms with Crippen molar-refractivity contribution in [3.8, 4) is 0 Å². The summed E-state index contributed by atoms with van der Waals surface area (Å²) in [5, 5.41) is 8.54. The van der Waals surface area contributed by atoms with E-state index < -0.39 is 0 Å². The van der Waals surface area contributed by atoms with E-state index in [1.807, 2.05) is 6.07 Å². The fourth-order valence-corrected chi connectivity index (χ4v) is 4.40. The standard InChI is InChI=1S/C19H23FN4O/c1-13-10-14(2-6-18(13)20)3-7-19(25)23-15-4-5-16(23)12-17(11-15)24-21-8-9-22-24/h2,6,8-10,15-17H,3-5,7,11-12H2,1H3. The number of benzene rings is 1. The average Bonchev–Trinajstić information content (AvgIpc) is 3.22. The van der Waals surface area contributed by atoms with Crippen LogP contribution in [0.2, 0.25) is 0 Å². The van der Waals surface area contributed by atoms with Gasteiger partial charge in [-0.1, -0.05) is 12.1 Å². The largest absolute Gasteiger partial charge is 0.337 e. The first kappa shape index (κ1) is 16.2. The first-order valence-electron chi connectivity index (χ1n) is 9.04. The zero-order valence-electron chi connectivity index (χ0n) is 14.4. The highest BCUT2D eigenvalue weighted by atomic mass is 19.1. The summed E-state index contributed by atoms with van der Waals surface area (Å²) >= 11 is 0. The van der Waals surface area contributed by atoms with Gasteiger partial charge < -0.3 is 4.90 Å². The molecule has 3 heterocycles. The van der Waals surface area contributed by atoms with E-state index in [4.69, 9.17) is 0 Å². The van der Waals surface area contributed by atoms with E-state index >= 15 is 0 Å². The van der Waals surface area contributed by atoms with Gasteiger partial charge in [-0.15, -0.1) is 0 Å². The third kappa shape index (κ3) is 3.17. The second-order valence-electron chi connectivity index (χ2n) is 7.24. The number of carbonyl (C=O) groups is 1. The number of fused-ring (bicyclic) bond motifs is 2. The SMILES string of the molecule is Cc1cc(CCC(=O)N2C3CCC2CC(n2nccn2)C3)ccc1F. The van der Waals surface area contributed by atoms with Gasteiger partial charge in [-0.3, -0.25) is 4.79 Å². The zero-order chi connectivity index (χ0) is 17.4. The third-order valence-corrected chi connectivity index (χ3v) is 5.61. The summed E-state index contributed by atoms with van der Waals surface area (Å²) in [6.45, 7) is 1.76. The Morgan fingerprint density at radius 1 is 1.16 bits per heavy atom. The van der Waals surface area contributed by atoms with Crippen molar-refractivity contribution in [1.82, 2.24) is 19.9 Å². The van der Waals surface area contributed by atoms with Gasteiger partial charge in [0.05, 0.1) is 18.4 Å². The van der Waals surface area contributed by atoms with Gasteiger partial charge in [-0.25, -0.2) is 4.39 Å². The van der Waals surface area contributed by atoms with Gasteiger partial charge in [0.2, 0.25) is 5.91 Å². The highest BCUT2D eigenvalue weighted by molar-refractivity contribution is 5.77. The van der Waals surface area contributed by atoms with Gasteiger partial charge in [-0.05, 0) is 56.2 Å². The van der Waals surface area contributed by atoms with Crippen LogP contribution >= 0.6 is 0 Å². The van der Waals surface area contributed by atoms with Gasteiger partial charge in [0.15, 0.2) is 0 Å². The van der Waals surface area contributed by atoms with Crippen LogP contribution in [0.25, 0.3) is 0 Å². The van der Waals surface area contributed by atoms with Crippen LogP contribution in [0.3, 0.4) is 0 Å². The number of piperidine rings is 1. The van der Waals surface area contributed by atoms with Crippen LogP contribution < -0.4 is 0 Å². The van der Waals surface area contributed by atoms with Gasteiger partial charge in [0, 0.05) is 18.5 Å². The minimum atomic E-state index is -0.192. The molecule has 0 saturated carbocycles. The molecule has 2 atom stereocenters. The number of hydrogen-bond donors (Lipinski definition) is 0. The number of rotatable bonds is 4. The molecule has 2 aromatic rings. The molecule has 6 heteroatoms. The van der Waals surface area contributed by atoms with E-state index in [1.54, 1.807) is 30.2 Å². The number of hydrogen-bond acceptors (Lipinski definition) is 3. The van der Waals surface area contributed by atoms with Crippen molar-refractivity contribution in [2.45, 2.75) is 63.6 Å². The highest BCUT2D eigenvalue weighted by Crippen LogP contribution is 2.40. The Labute approximate surface area is 146 Å². The minimum Gasteiger partial charge on any atom is -0.337 e. The molecule has 2 aliphatic heterocycles. The van der Waals surface area contributed by atoms with Gasteiger partial charge in [0.1, 0.15) is 5.82 Å². The van der Waals surface area contributed by atoms with E-state index in [-0.39, 0.29) is 11.7 Å². The number of aryl methyl sites for hydroxylation is 2. The zero-order valence-corrected chi connectivity index (χ0v) is 14.4. The molecule has 1 aromatic heterocycles. The Bertz CT molecular complexity index is 747. The lowest BCUT2D eigenvalue weighted by Crippen LogP contribution is -2.47. The van der Waals surface area contributed by atoms with Crippen LogP contribution in [0.15, 0.2) is 30.6 Å². The van der Waals surface area contributed by atoms with Gasteiger partial charge in [-0.2, -0.15) is 15.0 Å². The summed E-state index contributed by atoms with van der Waals surface area (Å²) in [4.78, 5) is 16.7. The quantitative estimate of drug-likeness (QED) is 0.858. The van der Waals surface area contributed by atoms with E-state index in [9.17, 15) is 9.18 Å². The second kappa shape index (κ2) is 6.58.